The van der Waals surface area contributed by atoms with Gasteiger partial charge in [-0.05, 0) is 44.0 Å². The maximum absolute atomic E-state index is 12.6. The second-order valence-corrected chi connectivity index (χ2v) is 7.20. The van der Waals surface area contributed by atoms with Gasteiger partial charge in [0, 0.05) is 41.4 Å². The molecule has 8 heteroatoms. The van der Waals surface area contributed by atoms with Crippen molar-refractivity contribution in [2.75, 3.05) is 5.32 Å². The molecule has 8 nitrogen and oxygen atoms in total. The van der Waals surface area contributed by atoms with Gasteiger partial charge in [-0.1, -0.05) is 18.6 Å². The molecule has 0 aliphatic carbocycles. The van der Waals surface area contributed by atoms with Crippen molar-refractivity contribution in [3.05, 3.63) is 69.5 Å². The third kappa shape index (κ3) is 3.87. The van der Waals surface area contributed by atoms with Crippen LogP contribution in [0.2, 0.25) is 0 Å². The Morgan fingerprint density at radius 1 is 1.14 bits per heavy atom. The molecule has 3 aromatic rings. The molecule has 29 heavy (non-hydrogen) atoms. The van der Waals surface area contributed by atoms with Crippen LogP contribution >= 0.6 is 0 Å². The number of nitrogens with one attached hydrogen (secondary N) is 1. The summed E-state index contributed by atoms with van der Waals surface area (Å²) in [5, 5.41) is 22.5. The summed E-state index contributed by atoms with van der Waals surface area (Å²) in [6.45, 7) is 2.52. The summed E-state index contributed by atoms with van der Waals surface area (Å²) >= 11 is 0. The van der Waals surface area contributed by atoms with Crippen molar-refractivity contribution in [3.8, 4) is 11.4 Å². The smallest absolute Gasteiger partial charge is 0.272 e. The van der Waals surface area contributed by atoms with Crippen LogP contribution in [0.5, 0.6) is 0 Å². The van der Waals surface area contributed by atoms with Gasteiger partial charge < -0.3 is 9.88 Å². The van der Waals surface area contributed by atoms with Gasteiger partial charge in [0.05, 0.1) is 4.92 Å². The zero-order valence-corrected chi connectivity index (χ0v) is 16.1. The largest absolute Gasteiger partial charge is 0.322 e. The highest BCUT2D eigenvalue weighted by Gasteiger charge is 2.17. The lowest BCUT2D eigenvalue weighted by Crippen LogP contribution is -2.12. The molecule has 4 rings (SSSR count). The SMILES string of the molecule is Cc1cc(C(=O)Nc2cccc(-c3nnc4n3CCCCC4)c2)ccc1[N+](=O)[O-]. The highest BCUT2D eigenvalue weighted by molar-refractivity contribution is 6.04. The lowest BCUT2D eigenvalue weighted by molar-refractivity contribution is -0.385. The lowest BCUT2D eigenvalue weighted by atomic mass is 10.1. The van der Waals surface area contributed by atoms with Crippen LogP contribution in [0.15, 0.2) is 42.5 Å². The lowest BCUT2D eigenvalue weighted by Gasteiger charge is -2.10. The van der Waals surface area contributed by atoms with E-state index in [0.29, 0.717) is 16.8 Å². The van der Waals surface area contributed by atoms with Gasteiger partial charge in [-0.3, -0.25) is 14.9 Å². The van der Waals surface area contributed by atoms with Crippen molar-refractivity contribution in [1.29, 1.82) is 0 Å². The van der Waals surface area contributed by atoms with E-state index in [2.05, 4.69) is 20.1 Å². The van der Waals surface area contributed by atoms with Crippen LogP contribution < -0.4 is 5.32 Å². The van der Waals surface area contributed by atoms with Crippen molar-refractivity contribution in [3.63, 3.8) is 0 Å². The first-order valence-corrected chi connectivity index (χ1v) is 9.62. The van der Waals surface area contributed by atoms with E-state index in [1.807, 2.05) is 18.2 Å². The number of aromatic nitrogens is 3. The molecule has 1 amide bonds. The number of nitrogens with zero attached hydrogens (tertiary/aromatic N) is 4. The van der Waals surface area contributed by atoms with Crippen LogP contribution in [-0.4, -0.2) is 25.6 Å². The maximum Gasteiger partial charge on any atom is 0.272 e. The molecular weight excluding hydrogens is 370 g/mol. The number of carbonyl (C=O) groups excluding carboxylic acids is 1. The fourth-order valence-corrected chi connectivity index (χ4v) is 3.64. The number of hydrogen-bond donors (Lipinski definition) is 1. The van der Waals surface area contributed by atoms with Crippen molar-refractivity contribution in [1.82, 2.24) is 14.8 Å². The fourth-order valence-electron chi connectivity index (χ4n) is 3.64. The molecule has 2 heterocycles. The fraction of sp³-hybridized carbons (Fsp3) is 0.286. The monoisotopic (exact) mass is 391 g/mol. The quantitative estimate of drug-likeness (QED) is 0.532. The second-order valence-electron chi connectivity index (χ2n) is 7.20. The first-order chi connectivity index (χ1) is 14.0. The highest BCUT2D eigenvalue weighted by Crippen LogP contribution is 2.25. The normalized spacial score (nSPS) is 13.4. The first kappa shape index (κ1) is 18.8. The van der Waals surface area contributed by atoms with Crippen molar-refractivity contribution in [2.45, 2.75) is 39.2 Å². The predicted octanol–water partition coefficient (Wildman–Crippen LogP) is 4.14. The molecule has 1 aromatic heterocycles. The Labute approximate surface area is 167 Å². The van der Waals surface area contributed by atoms with Crippen LogP contribution in [0.3, 0.4) is 0 Å². The number of aryl methyl sites for hydroxylation is 2. The summed E-state index contributed by atoms with van der Waals surface area (Å²) in [7, 11) is 0. The second kappa shape index (κ2) is 7.83. The molecule has 148 valence electrons. The average Bonchev–Trinajstić information content (AvgIpc) is 2.96. The molecule has 0 spiro atoms. The van der Waals surface area contributed by atoms with Crippen LogP contribution in [0.1, 0.15) is 41.0 Å². The molecule has 0 saturated heterocycles. The average molecular weight is 391 g/mol. The Kier molecular flexibility index (Phi) is 5.07. The van der Waals surface area contributed by atoms with E-state index in [-0.39, 0.29) is 11.6 Å². The number of anilines is 1. The number of hydrogen-bond acceptors (Lipinski definition) is 5. The summed E-state index contributed by atoms with van der Waals surface area (Å²) < 4.78 is 2.16. The summed E-state index contributed by atoms with van der Waals surface area (Å²) in [5.74, 6) is 1.50. The zero-order chi connectivity index (χ0) is 20.4. The maximum atomic E-state index is 12.6. The van der Waals surface area contributed by atoms with Gasteiger partial charge in [0.25, 0.3) is 11.6 Å². The number of fused-ring (bicyclic) bond motifs is 1. The molecule has 2 aromatic carbocycles. The van der Waals surface area contributed by atoms with Gasteiger partial charge in [-0.15, -0.1) is 10.2 Å². The molecule has 1 N–H and O–H groups in total. The van der Waals surface area contributed by atoms with Crippen LogP contribution in [0.25, 0.3) is 11.4 Å². The summed E-state index contributed by atoms with van der Waals surface area (Å²) in [6.07, 6.45) is 4.35. The summed E-state index contributed by atoms with van der Waals surface area (Å²) in [4.78, 5) is 23.1. The number of nitro groups is 1. The van der Waals surface area contributed by atoms with Crippen LogP contribution in [0.4, 0.5) is 11.4 Å². The van der Waals surface area contributed by atoms with E-state index >= 15 is 0 Å². The molecule has 0 radical (unpaired) electrons. The number of carbonyl (C=O) groups is 1. The minimum absolute atomic E-state index is 0.00366. The van der Waals surface area contributed by atoms with E-state index in [0.717, 1.165) is 43.0 Å². The molecule has 0 atom stereocenters. The Bertz CT molecular complexity index is 1090. The Hall–Kier alpha value is -3.55. The van der Waals surface area contributed by atoms with Crippen molar-refractivity contribution < 1.29 is 9.72 Å². The summed E-state index contributed by atoms with van der Waals surface area (Å²) in [6, 6.07) is 11.8. The van der Waals surface area contributed by atoms with E-state index in [4.69, 9.17) is 0 Å². The molecule has 0 saturated carbocycles. The molecule has 0 bridgehead atoms. The Balaban J connectivity index is 1.57. The van der Waals surface area contributed by atoms with Crippen LogP contribution in [-0.2, 0) is 13.0 Å². The van der Waals surface area contributed by atoms with Gasteiger partial charge in [0.1, 0.15) is 5.82 Å². The first-order valence-electron chi connectivity index (χ1n) is 9.62. The van der Waals surface area contributed by atoms with E-state index in [1.54, 1.807) is 13.0 Å². The van der Waals surface area contributed by atoms with E-state index < -0.39 is 4.92 Å². The van der Waals surface area contributed by atoms with Gasteiger partial charge >= 0.3 is 0 Å². The van der Waals surface area contributed by atoms with Gasteiger partial charge in [-0.2, -0.15) is 0 Å². The third-order valence-electron chi connectivity index (χ3n) is 5.14. The minimum atomic E-state index is -0.456. The topological polar surface area (TPSA) is 103 Å². The Morgan fingerprint density at radius 2 is 2.00 bits per heavy atom. The number of benzene rings is 2. The van der Waals surface area contributed by atoms with Gasteiger partial charge in [-0.25, -0.2) is 0 Å². The minimum Gasteiger partial charge on any atom is -0.322 e. The highest BCUT2D eigenvalue weighted by atomic mass is 16.6. The molecule has 1 aliphatic rings. The van der Waals surface area contributed by atoms with Crippen molar-refractivity contribution in [2.24, 2.45) is 0 Å². The van der Waals surface area contributed by atoms with Gasteiger partial charge in [0.15, 0.2) is 5.82 Å². The molecular formula is C21H21N5O3. The molecule has 1 aliphatic heterocycles. The molecule has 0 unspecified atom stereocenters. The number of rotatable bonds is 4. The molecule has 0 fully saturated rings. The van der Waals surface area contributed by atoms with Gasteiger partial charge in [0.2, 0.25) is 0 Å². The van der Waals surface area contributed by atoms with E-state index in [9.17, 15) is 14.9 Å². The zero-order valence-electron chi connectivity index (χ0n) is 16.1. The third-order valence-corrected chi connectivity index (χ3v) is 5.14. The summed E-state index contributed by atoms with van der Waals surface area (Å²) in [5.41, 5.74) is 2.34. The number of amides is 1. The van der Waals surface area contributed by atoms with Crippen molar-refractivity contribution >= 4 is 17.3 Å². The van der Waals surface area contributed by atoms with Crippen LogP contribution in [0, 0.1) is 17.0 Å². The predicted molar refractivity (Wildman–Crippen MR) is 109 cm³/mol. The Morgan fingerprint density at radius 3 is 2.79 bits per heavy atom. The number of nitro benzene ring substituents is 1. The standard InChI is InChI=1S/C21H21N5O3/c1-14-12-16(9-10-18(14)26(28)29)21(27)22-17-7-5-6-15(13-17)20-24-23-19-8-3-2-4-11-25(19)20/h5-7,9-10,12-13H,2-4,8,11H2,1H3,(H,22,27). The van der Waals surface area contributed by atoms with E-state index in [1.165, 1.54) is 24.6 Å².